The van der Waals surface area contributed by atoms with Gasteiger partial charge in [-0.05, 0) is 25.8 Å². The molecule has 0 heterocycles. The lowest BCUT2D eigenvalue weighted by atomic mass is 10.3. The molecule has 13 heavy (non-hydrogen) atoms. The van der Waals surface area contributed by atoms with Crippen LogP contribution in [0.4, 0.5) is 4.79 Å². The molecule has 1 aromatic rings. The van der Waals surface area contributed by atoms with Crippen LogP contribution in [-0.4, -0.2) is 12.1 Å². The molecule has 0 saturated carbocycles. The Kier molecular flexibility index (Phi) is 1.28. The highest BCUT2D eigenvalue weighted by atomic mass is 16.6. The highest BCUT2D eigenvalue weighted by molar-refractivity contribution is 5.70. The Morgan fingerprint density at radius 3 is 2.85 bits per heavy atom. The first kappa shape index (κ1) is 3.70. The Morgan fingerprint density at radius 1 is 1.54 bits per heavy atom. The minimum Gasteiger partial charge on any atom is -0.410 e. The lowest BCUT2D eigenvalue weighted by Gasteiger charge is -2.08. The van der Waals surface area contributed by atoms with Crippen molar-refractivity contribution >= 4 is 6.09 Å². The number of hydrogen-bond acceptors (Lipinski definition) is 2. The van der Waals surface area contributed by atoms with E-state index < -0.39 is 25.8 Å². The van der Waals surface area contributed by atoms with Crippen LogP contribution in [-0.2, 0) is 0 Å². The minimum atomic E-state index is -3.24. The molecule has 0 unspecified atom stereocenters. The molecule has 3 heteroatoms. The normalized spacial score (nSPS) is 20.5. The molecule has 0 aliphatic rings. The van der Waals surface area contributed by atoms with Crippen molar-refractivity contribution in [1.82, 2.24) is 5.32 Å². The first-order valence-electron chi connectivity index (χ1n) is 7.02. The average Bonchev–Trinajstić information content (AvgIpc) is 2.26. The van der Waals surface area contributed by atoms with Crippen molar-refractivity contribution in [2.45, 2.75) is 19.7 Å². The first-order valence-corrected chi connectivity index (χ1v) is 3.52. The van der Waals surface area contributed by atoms with Gasteiger partial charge in [0.25, 0.3) is 0 Å². The Morgan fingerprint density at radius 2 is 2.23 bits per heavy atom. The SMILES string of the molecule is [2H]C([2H])([2H])C([2H])(NC(=O)Oc1ccccc1)C([2H])([2H])[2H]. The predicted molar refractivity (Wildman–Crippen MR) is 50.7 cm³/mol. The Bertz CT molecular complexity index is 455. The molecule has 0 fully saturated rings. The van der Waals surface area contributed by atoms with E-state index in [1.807, 2.05) is 0 Å². The maximum absolute atomic E-state index is 11.6. The molecular formula is C10H13NO2. The Hall–Kier alpha value is -1.51. The second-order valence-corrected chi connectivity index (χ2v) is 2.20. The number of benzene rings is 1. The molecule has 0 saturated heterocycles. The van der Waals surface area contributed by atoms with E-state index in [2.05, 4.69) is 0 Å². The van der Waals surface area contributed by atoms with Gasteiger partial charge in [-0.15, -0.1) is 0 Å². The Balaban J connectivity index is 2.90. The largest absolute Gasteiger partial charge is 0.412 e. The third kappa shape index (κ3) is 3.60. The number of carbonyl (C=O) groups excluding carboxylic acids is 1. The number of para-hydroxylation sites is 1. The summed E-state index contributed by atoms with van der Waals surface area (Å²) in [5.41, 5.74) is 0. The number of amides is 1. The number of ether oxygens (including phenoxy) is 1. The molecule has 0 radical (unpaired) electrons. The summed E-state index contributed by atoms with van der Waals surface area (Å²) in [5.74, 6) is 0.100. The molecule has 1 N–H and O–H groups in total. The highest BCUT2D eigenvalue weighted by Gasteiger charge is 2.03. The molecule has 1 rings (SSSR count). The Labute approximate surface area is 87.6 Å². The highest BCUT2D eigenvalue weighted by Crippen LogP contribution is 2.07. The summed E-state index contributed by atoms with van der Waals surface area (Å²) < 4.78 is 55.1. The second kappa shape index (κ2) is 4.50. The number of nitrogens with one attached hydrogen (secondary N) is 1. The van der Waals surface area contributed by atoms with Gasteiger partial charge in [0.05, 0.1) is 1.37 Å². The van der Waals surface area contributed by atoms with Crippen molar-refractivity contribution in [3.05, 3.63) is 30.3 Å². The molecule has 0 aliphatic carbocycles. The number of carbonyl (C=O) groups is 1. The van der Waals surface area contributed by atoms with Crippen molar-refractivity contribution < 1.29 is 19.1 Å². The van der Waals surface area contributed by atoms with E-state index in [0.717, 1.165) is 0 Å². The molecule has 1 amide bonds. The van der Waals surface area contributed by atoms with Crippen LogP contribution in [0.2, 0.25) is 0 Å². The van der Waals surface area contributed by atoms with E-state index in [0.29, 0.717) is 0 Å². The zero-order valence-electron chi connectivity index (χ0n) is 13.7. The van der Waals surface area contributed by atoms with Gasteiger partial charge in [-0.2, -0.15) is 0 Å². The van der Waals surface area contributed by atoms with Crippen molar-refractivity contribution in [2.24, 2.45) is 0 Å². The summed E-state index contributed by atoms with van der Waals surface area (Å²) in [5, 5.41) is 1.60. The van der Waals surface area contributed by atoms with Crippen LogP contribution >= 0.6 is 0 Å². The minimum absolute atomic E-state index is 0.100. The predicted octanol–water partition coefficient (Wildman–Crippen LogP) is 2.18. The zero-order chi connectivity index (χ0) is 15.6. The maximum Gasteiger partial charge on any atom is 0.412 e. The van der Waals surface area contributed by atoms with Crippen molar-refractivity contribution in [2.75, 3.05) is 0 Å². The molecule has 0 aromatic heterocycles. The fraction of sp³-hybridized carbons (Fsp3) is 0.300. The van der Waals surface area contributed by atoms with Crippen LogP contribution in [0.5, 0.6) is 5.75 Å². The lowest BCUT2D eigenvalue weighted by molar-refractivity contribution is 0.198. The number of hydrogen-bond donors (Lipinski definition) is 1. The third-order valence-corrected chi connectivity index (χ3v) is 1.18. The van der Waals surface area contributed by atoms with Crippen LogP contribution in [0.3, 0.4) is 0 Å². The topological polar surface area (TPSA) is 38.3 Å². The lowest BCUT2D eigenvalue weighted by Crippen LogP contribution is -2.32. The van der Waals surface area contributed by atoms with E-state index in [1.165, 1.54) is 12.1 Å². The van der Waals surface area contributed by atoms with Gasteiger partial charge in [0.15, 0.2) is 0 Å². The van der Waals surface area contributed by atoms with Crippen LogP contribution in [0, 0.1) is 0 Å². The monoisotopic (exact) mass is 186 g/mol. The molecule has 3 nitrogen and oxygen atoms in total. The summed E-state index contributed by atoms with van der Waals surface area (Å²) in [6.45, 7) is -6.48. The molecular weight excluding hydrogens is 166 g/mol. The van der Waals surface area contributed by atoms with Crippen LogP contribution in [0.25, 0.3) is 0 Å². The summed E-state index contributed by atoms with van der Waals surface area (Å²) in [7, 11) is 0. The summed E-state index contributed by atoms with van der Waals surface area (Å²) >= 11 is 0. The van der Waals surface area contributed by atoms with Crippen molar-refractivity contribution in [1.29, 1.82) is 0 Å². The van der Waals surface area contributed by atoms with Gasteiger partial charge >= 0.3 is 6.09 Å². The molecule has 0 spiro atoms. The summed E-state index contributed by atoms with van der Waals surface area (Å²) in [6.07, 6.45) is -1.32. The molecule has 0 aliphatic heterocycles. The van der Waals surface area contributed by atoms with E-state index in [4.69, 9.17) is 14.3 Å². The van der Waals surface area contributed by atoms with Gasteiger partial charge in [0, 0.05) is 14.2 Å². The molecule has 0 bridgehead atoms. The summed E-state index contributed by atoms with van der Waals surface area (Å²) in [4.78, 5) is 11.6. The van der Waals surface area contributed by atoms with Gasteiger partial charge in [-0.3, -0.25) is 0 Å². The second-order valence-electron chi connectivity index (χ2n) is 2.20. The molecule has 70 valence electrons. The fourth-order valence-electron chi connectivity index (χ4n) is 0.723. The van der Waals surface area contributed by atoms with Gasteiger partial charge in [-0.1, -0.05) is 18.2 Å². The maximum atomic E-state index is 11.6. The van der Waals surface area contributed by atoms with Crippen LogP contribution in [0.1, 0.15) is 23.3 Å². The van der Waals surface area contributed by atoms with Gasteiger partial charge in [0.2, 0.25) is 0 Å². The van der Waals surface area contributed by atoms with Crippen LogP contribution in [0.15, 0.2) is 30.3 Å². The first-order chi connectivity index (χ1) is 8.97. The quantitative estimate of drug-likeness (QED) is 0.768. The van der Waals surface area contributed by atoms with Crippen LogP contribution < -0.4 is 10.1 Å². The van der Waals surface area contributed by atoms with E-state index >= 15 is 0 Å². The summed E-state index contributed by atoms with van der Waals surface area (Å²) in [6, 6.07) is 4.52. The molecule has 1 aromatic carbocycles. The third-order valence-electron chi connectivity index (χ3n) is 1.18. The zero-order valence-corrected chi connectivity index (χ0v) is 6.70. The van der Waals surface area contributed by atoms with Gasteiger partial charge < -0.3 is 10.1 Å². The smallest absolute Gasteiger partial charge is 0.410 e. The van der Waals surface area contributed by atoms with Gasteiger partial charge in [0.1, 0.15) is 5.75 Å². The standard InChI is InChI=1S/C10H13NO2/c1-8(2)11-10(12)13-9-6-4-3-5-7-9/h3-8H,1-2H3,(H,11,12)/i1D3,2D3,8D. The average molecular weight is 186 g/mol. The van der Waals surface area contributed by atoms with E-state index in [9.17, 15) is 4.79 Å². The fourth-order valence-corrected chi connectivity index (χ4v) is 0.723. The van der Waals surface area contributed by atoms with E-state index in [1.54, 1.807) is 23.5 Å². The van der Waals surface area contributed by atoms with Gasteiger partial charge in [-0.25, -0.2) is 4.79 Å². The number of rotatable bonds is 2. The van der Waals surface area contributed by atoms with Crippen molar-refractivity contribution in [3.63, 3.8) is 0 Å². The molecule has 0 atom stereocenters. The van der Waals surface area contributed by atoms with Crippen molar-refractivity contribution in [3.8, 4) is 5.75 Å². The van der Waals surface area contributed by atoms with E-state index in [-0.39, 0.29) is 5.75 Å².